The van der Waals surface area contributed by atoms with Gasteiger partial charge in [-0.25, -0.2) is 4.99 Å². The van der Waals surface area contributed by atoms with Crippen molar-refractivity contribution >= 4 is 66.8 Å². The van der Waals surface area contributed by atoms with Gasteiger partial charge in [0, 0.05) is 40.0 Å². The van der Waals surface area contributed by atoms with Gasteiger partial charge >= 0.3 is 0 Å². The second-order valence-electron chi connectivity index (χ2n) is 14.0. The second-order valence-corrected chi connectivity index (χ2v) is 14.0. The molecule has 0 radical (unpaired) electrons. The Balaban J connectivity index is 1.24. The predicted octanol–water partition coefficient (Wildman–Crippen LogP) is 11.1. The highest BCUT2D eigenvalue weighted by molar-refractivity contribution is 6.24. The molecule has 0 saturated carbocycles. The fourth-order valence-corrected chi connectivity index (χ4v) is 8.24. The van der Waals surface area contributed by atoms with E-state index < -0.39 is 0 Å². The lowest BCUT2D eigenvalue weighted by Crippen LogP contribution is -2.33. The third-order valence-corrected chi connectivity index (χ3v) is 10.9. The molecule has 1 aliphatic heterocycles. The maximum Gasteiger partial charge on any atom is 0.145 e. The fraction of sp³-hybridized carbons (Fsp3) is 0.0600. The van der Waals surface area contributed by atoms with Gasteiger partial charge < -0.3 is 13.9 Å². The first-order valence-electron chi connectivity index (χ1n) is 18.5. The van der Waals surface area contributed by atoms with Gasteiger partial charge in [0.25, 0.3) is 0 Å². The molecule has 4 heteroatoms. The Labute approximate surface area is 313 Å². The number of aryl methyl sites for hydroxylation is 1. The molecule has 1 aliphatic rings. The monoisotopic (exact) mass is 695 g/mol. The molecule has 54 heavy (non-hydrogen) atoms. The Morgan fingerprint density at radius 1 is 0.593 bits per heavy atom. The van der Waals surface area contributed by atoms with E-state index in [1.807, 2.05) is 19.1 Å². The van der Waals surface area contributed by atoms with Gasteiger partial charge in [0.2, 0.25) is 0 Å². The third-order valence-electron chi connectivity index (χ3n) is 10.9. The number of anilines is 1. The summed E-state index contributed by atoms with van der Waals surface area (Å²) in [5.41, 5.74) is 12.9. The number of hydrogen-bond donors (Lipinski definition) is 0. The maximum atomic E-state index is 6.66. The number of aliphatic imine (C=N–C) groups is 1. The molecular formula is C50H37N3O. The number of rotatable bonds is 4. The van der Waals surface area contributed by atoms with Gasteiger partial charge in [-0.05, 0) is 95.9 Å². The number of fused-ring (bicyclic) bond motifs is 6. The SMILES string of the molecule is C\C=C/C=c1/oc2ccc(-c3ccc4c(c3)c3ccccc3n4-c3ccccc3)cc2/c1=C1\N=C(c2ccc(C)c3ccccc23)c2ccccc2N1C. The van der Waals surface area contributed by atoms with Crippen LogP contribution in [0.4, 0.5) is 5.69 Å². The Bertz CT molecular complexity index is 3140. The summed E-state index contributed by atoms with van der Waals surface area (Å²) in [4.78, 5) is 7.79. The highest BCUT2D eigenvalue weighted by Crippen LogP contribution is 2.37. The van der Waals surface area contributed by atoms with Crippen LogP contribution in [0.2, 0.25) is 0 Å². The molecule has 0 amide bonds. The average Bonchev–Trinajstić information content (AvgIpc) is 3.76. The number of benzene rings is 7. The first kappa shape index (κ1) is 31.8. The number of aromatic nitrogens is 1. The van der Waals surface area contributed by atoms with Gasteiger partial charge in [-0.3, -0.25) is 0 Å². The molecule has 0 N–H and O–H groups in total. The topological polar surface area (TPSA) is 33.7 Å². The number of nitrogens with zero attached hydrogens (tertiary/aromatic N) is 3. The Morgan fingerprint density at radius 2 is 1.28 bits per heavy atom. The van der Waals surface area contributed by atoms with Gasteiger partial charge in [-0.2, -0.15) is 0 Å². The standard InChI is InChI=1S/C50H37N3O/c1-4-5-23-47-48(50-51-49(40-20-12-13-21-43(40)52(50)3)39-27-24-32(2)36-17-9-10-18-37(36)39)42-31-34(26-29-46(42)54-47)33-25-28-45-41(30-33)38-19-11-14-22-44(38)53(45)35-15-7-6-8-16-35/h4-31H,1-3H3/b5-4-,47-23+,50-48-. The summed E-state index contributed by atoms with van der Waals surface area (Å²) in [5.74, 6) is 0.849. The van der Waals surface area contributed by atoms with Gasteiger partial charge in [-0.15, -0.1) is 0 Å². The zero-order chi connectivity index (χ0) is 36.3. The second kappa shape index (κ2) is 12.6. The first-order valence-corrected chi connectivity index (χ1v) is 18.5. The number of allylic oxidation sites excluding steroid dienone is 2. The van der Waals surface area contributed by atoms with Crippen molar-refractivity contribution in [2.24, 2.45) is 4.99 Å². The van der Waals surface area contributed by atoms with Crippen LogP contribution in [0.25, 0.3) is 72.3 Å². The molecule has 2 aromatic heterocycles. The molecule has 0 aliphatic carbocycles. The van der Waals surface area contributed by atoms with Crippen molar-refractivity contribution in [3.63, 3.8) is 0 Å². The van der Waals surface area contributed by atoms with E-state index in [0.29, 0.717) is 0 Å². The third kappa shape index (κ3) is 4.95. The van der Waals surface area contributed by atoms with Crippen LogP contribution in [0.15, 0.2) is 173 Å². The van der Waals surface area contributed by atoms with Crippen molar-refractivity contribution < 1.29 is 4.42 Å². The van der Waals surface area contributed by atoms with Crippen molar-refractivity contribution in [2.45, 2.75) is 13.8 Å². The van der Waals surface area contributed by atoms with Gasteiger partial charge in [0.05, 0.1) is 27.7 Å². The van der Waals surface area contributed by atoms with Gasteiger partial charge in [0.15, 0.2) is 0 Å². The molecule has 3 heterocycles. The van der Waals surface area contributed by atoms with E-state index in [9.17, 15) is 0 Å². The minimum Gasteiger partial charge on any atom is -0.456 e. The summed E-state index contributed by atoms with van der Waals surface area (Å²) in [6.45, 7) is 4.20. The lowest BCUT2D eigenvalue weighted by molar-refractivity contribution is 0.575. The summed E-state index contributed by atoms with van der Waals surface area (Å²) >= 11 is 0. The van der Waals surface area contributed by atoms with Crippen molar-refractivity contribution in [3.8, 4) is 16.8 Å². The van der Waals surface area contributed by atoms with Gasteiger partial charge in [0.1, 0.15) is 16.8 Å². The van der Waals surface area contributed by atoms with E-state index in [2.05, 4.69) is 181 Å². The van der Waals surface area contributed by atoms with E-state index in [-0.39, 0.29) is 0 Å². The number of furan rings is 1. The largest absolute Gasteiger partial charge is 0.456 e. The Hall–Kier alpha value is -6.91. The van der Waals surface area contributed by atoms with Crippen LogP contribution in [-0.4, -0.2) is 17.3 Å². The molecule has 0 fully saturated rings. The number of para-hydroxylation sites is 3. The molecule has 9 aromatic rings. The Morgan fingerprint density at radius 3 is 2.11 bits per heavy atom. The maximum absolute atomic E-state index is 6.66. The van der Waals surface area contributed by atoms with E-state index in [1.54, 1.807) is 0 Å². The van der Waals surface area contributed by atoms with Crippen LogP contribution in [0.3, 0.4) is 0 Å². The predicted molar refractivity (Wildman–Crippen MR) is 227 cm³/mol. The molecule has 10 rings (SSSR count). The van der Waals surface area contributed by atoms with E-state index in [1.165, 1.54) is 38.1 Å². The van der Waals surface area contributed by atoms with Crippen LogP contribution >= 0.6 is 0 Å². The van der Waals surface area contributed by atoms with Crippen molar-refractivity contribution in [2.75, 3.05) is 11.9 Å². The minimum atomic E-state index is 0.778. The zero-order valence-corrected chi connectivity index (χ0v) is 30.4. The smallest absolute Gasteiger partial charge is 0.145 e. The molecule has 0 spiro atoms. The molecule has 0 saturated heterocycles. The number of hydrogen-bond acceptors (Lipinski definition) is 3. The lowest BCUT2D eigenvalue weighted by atomic mass is 9.92. The van der Waals surface area contributed by atoms with Crippen LogP contribution in [0.1, 0.15) is 23.6 Å². The summed E-state index contributed by atoms with van der Waals surface area (Å²) in [5, 5.41) is 6.87. The minimum absolute atomic E-state index is 0.778. The molecule has 258 valence electrons. The van der Waals surface area contributed by atoms with Crippen molar-refractivity contribution in [1.29, 1.82) is 0 Å². The normalized spacial score (nSPS) is 14.5. The van der Waals surface area contributed by atoms with Crippen molar-refractivity contribution in [3.05, 3.63) is 191 Å². The van der Waals surface area contributed by atoms with Gasteiger partial charge in [-0.1, -0.05) is 115 Å². The quantitative estimate of drug-likeness (QED) is 0.184. The van der Waals surface area contributed by atoms with E-state index >= 15 is 0 Å². The molecule has 0 bridgehead atoms. The highest BCUT2D eigenvalue weighted by Gasteiger charge is 2.26. The molecule has 0 unspecified atom stereocenters. The summed E-state index contributed by atoms with van der Waals surface area (Å²) in [7, 11) is 2.11. The highest BCUT2D eigenvalue weighted by atomic mass is 16.3. The molecule has 7 aromatic carbocycles. The van der Waals surface area contributed by atoms with Crippen molar-refractivity contribution in [1.82, 2.24) is 4.57 Å². The summed E-state index contributed by atoms with van der Waals surface area (Å²) in [6, 6.07) is 54.3. The zero-order valence-electron chi connectivity index (χ0n) is 30.4. The molecule has 0 atom stereocenters. The summed E-state index contributed by atoms with van der Waals surface area (Å²) < 4.78 is 9.02. The first-order chi connectivity index (χ1) is 26.6. The Kier molecular flexibility index (Phi) is 7.44. The lowest BCUT2D eigenvalue weighted by Gasteiger charge is -2.29. The summed E-state index contributed by atoms with van der Waals surface area (Å²) in [6.07, 6.45) is 6.12. The van der Waals surface area contributed by atoms with E-state index in [4.69, 9.17) is 9.41 Å². The van der Waals surface area contributed by atoms with E-state index in [0.717, 1.165) is 66.8 Å². The van der Waals surface area contributed by atoms with Crippen LogP contribution in [-0.2, 0) is 0 Å². The average molecular weight is 696 g/mol. The van der Waals surface area contributed by atoms with Crippen LogP contribution in [0.5, 0.6) is 0 Å². The van der Waals surface area contributed by atoms with Crippen LogP contribution in [0, 0.1) is 6.92 Å². The van der Waals surface area contributed by atoms with Crippen LogP contribution < -0.4 is 15.5 Å². The molecular weight excluding hydrogens is 659 g/mol. The fourth-order valence-electron chi connectivity index (χ4n) is 8.24. The molecule has 4 nitrogen and oxygen atoms in total.